The summed E-state index contributed by atoms with van der Waals surface area (Å²) in [5.74, 6) is 0. The quantitative estimate of drug-likeness (QED) is 0.560. The van der Waals surface area contributed by atoms with E-state index < -0.39 is 0 Å². The average Bonchev–Trinajstić information content (AvgIpc) is 2.85. The van der Waals surface area contributed by atoms with Crippen molar-refractivity contribution in [2.24, 2.45) is 11.5 Å². The molecule has 2 heterocycles. The van der Waals surface area contributed by atoms with E-state index in [2.05, 4.69) is 0 Å². The maximum Gasteiger partial charge on any atom is 0.0827 e. The maximum absolute atomic E-state index is 6.22. The molecule has 0 aromatic heterocycles. The highest BCUT2D eigenvalue weighted by Crippen LogP contribution is 2.31. The molecule has 0 amide bonds. The first-order chi connectivity index (χ1) is 6.22. The molecule has 4 N–H and O–H groups in total. The average molecular weight is 185 g/mol. The third-order valence-corrected chi connectivity index (χ3v) is 2.60. The first-order valence-corrected chi connectivity index (χ1v) is 4.77. The molecule has 2 aliphatic heterocycles. The summed E-state index contributed by atoms with van der Waals surface area (Å²) in [5.41, 5.74) is 11.4. The molecule has 0 spiro atoms. The second-order valence-corrected chi connectivity index (χ2v) is 4.12. The van der Waals surface area contributed by atoms with Crippen molar-refractivity contribution in [2.45, 2.75) is 37.0 Å². The van der Waals surface area contributed by atoms with E-state index in [9.17, 15) is 0 Å². The van der Waals surface area contributed by atoms with Crippen LogP contribution in [0.15, 0.2) is 0 Å². The lowest BCUT2D eigenvalue weighted by Crippen LogP contribution is -2.43. The summed E-state index contributed by atoms with van der Waals surface area (Å²) in [7, 11) is 0. The fraction of sp³-hybridized carbons (Fsp3) is 0.889. The molecule has 13 heavy (non-hydrogen) atoms. The molecule has 2 saturated heterocycles. The molecule has 2 atom stereocenters. The van der Waals surface area contributed by atoms with Crippen LogP contribution in [0.1, 0.15) is 19.3 Å². The van der Waals surface area contributed by atoms with Gasteiger partial charge in [-0.1, -0.05) is 0 Å². The highest BCUT2D eigenvalue weighted by atomic mass is 16.6. The fourth-order valence-corrected chi connectivity index (χ4v) is 1.76. The van der Waals surface area contributed by atoms with Crippen molar-refractivity contribution >= 4 is 0 Å². The SMILES string of the molecule is N[CH]CC(N)(CC1CO1)CC1CO1. The van der Waals surface area contributed by atoms with Gasteiger partial charge in [0.05, 0.1) is 25.4 Å². The van der Waals surface area contributed by atoms with Crippen LogP contribution in [0.4, 0.5) is 0 Å². The van der Waals surface area contributed by atoms with Gasteiger partial charge in [-0.2, -0.15) is 0 Å². The van der Waals surface area contributed by atoms with E-state index in [1.807, 2.05) is 0 Å². The number of epoxide rings is 2. The molecule has 4 nitrogen and oxygen atoms in total. The second-order valence-electron chi connectivity index (χ2n) is 4.12. The van der Waals surface area contributed by atoms with Crippen molar-refractivity contribution in [3.63, 3.8) is 0 Å². The Balaban J connectivity index is 1.82. The summed E-state index contributed by atoms with van der Waals surface area (Å²) in [4.78, 5) is 0. The van der Waals surface area contributed by atoms with E-state index in [0.717, 1.165) is 32.5 Å². The zero-order chi connectivity index (χ0) is 9.31. The predicted octanol–water partition coefficient (Wildman–Crippen LogP) is -0.228. The minimum absolute atomic E-state index is 0.211. The summed E-state index contributed by atoms with van der Waals surface area (Å²) in [6.45, 7) is 3.36. The molecular weight excluding hydrogens is 168 g/mol. The summed E-state index contributed by atoms with van der Waals surface area (Å²) in [5, 5.41) is 0. The topological polar surface area (TPSA) is 77.1 Å². The van der Waals surface area contributed by atoms with Crippen molar-refractivity contribution < 1.29 is 9.47 Å². The Morgan fingerprint density at radius 1 is 1.23 bits per heavy atom. The lowest BCUT2D eigenvalue weighted by atomic mass is 9.86. The molecule has 0 bridgehead atoms. The molecule has 2 rings (SSSR count). The third kappa shape index (κ3) is 2.91. The standard InChI is InChI=1S/C9H17N2O2/c10-2-1-9(11,3-7-5-12-7)4-8-6-13-8/h2,7-8H,1,3-6,10-11H2. The Morgan fingerprint density at radius 2 is 1.69 bits per heavy atom. The second kappa shape index (κ2) is 3.53. The largest absolute Gasteiger partial charge is 0.373 e. The first-order valence-electron chi connectivity index (χ1n) is 4.77. The lowest BCUT2D eigenvalue weighted by molar-refractivity contribution is 0.267. The summed E-state index contributed by atoms with van der Waals surface area (Å²) >= 11 is 0. The van der Waals surface area contributed by atoms with E-state index in [1.165, 1.54) is 0 Å². The fourth-order valence-electron chi connectivity index (χ4n) is 1.76. The van der Waals surface area contributed by atoms with Crippen molar-refractivity contribution in [2.75, 3.05) is 13.2 Å². The minimum atomic E-state index is -0.211. The highest BCUT2D eigenvalue weighted by molar-refractivity contribution is 4.96. The molecule has 0 saturated carbocycles. The van der Waals surface area contributed by atoms with E-state index in [1.54, 1.807) is 6.54 Å². The van der Waals surface area contributed by atoms with Crippen LogP contribution in [-0.4, -0.2) is 31.0 Å². The van der Waals surface area contributed by atoms with Gasteiger partial charge in [-0.3, -0.25) is 0 Å². The number of hydrogen-bond donors (Lipinski definition) is 2. The molecule has 0 aromatic rings. The van der Waals surface area contributed by atoms with Crippen LogP contribution in [0.3, 0.4) is 0 Å². The van der Waals surface area contributed by atoms with Gasteiger partial charge in [-0.05, 0) is 19.3 Å². The Labute approximate surface area is 78.6 Å². The van der Waals surface area contributed by atoms with Gasteiger partial charge in [0.2, 0.25) is 0 Å². The van der Waals surface area contributed by atoms with Crippen LogP contribution in [0, 0.1) is 6.54 Å². The zero-order valence-electron chi connectivity index (χ0n) is 7.74. The van der Waals surface area contributed by atoms with Gasteiger partial charge in [0.1, 0.15) is 0 Å². The Morgan fingerprint density at radius 3 is 2.00 bits per heavy atom. The van der Waals surface area contributed by atoms with Gasteiger partial charge in [-0.15, -0.1) is 0 Å². The van der Waals surface area contributed by atoms with E-state index >= 15 is 0 Å². The molecule has 2 unspecified atom stereocenters. The molecule has 0 aliphatic carbocycles. The third-order valence-electron chi connectivity index (χ3n) is 2.60. The van der Waals surface area contributed by atoms with Crippen molar-refractivity contribution in [1.29, 1.82) is 0 Å². The Hall–Kier alpha value is -0.160. The van der Waals surface area contributed by atoms with Crippen LogP contribution in [0.25, 0.3) is 0 Å². The smallest absolute Gasteiger partial charge is 0.0827 e. The number of nitrogens with two attached hydrogens (primary N) is 2. The van der Waals surface area contributed by atoms with Gasteiger partial charge in [0.15, 0.2) is 0 Å². The van der Waals surface area contributed by atoms with Gasteiger partial charge in [0.25, 0.3) is 0 Å². The van der Waals surface area contributed by atoms with Crippen LogP contribution in [-0.2, 0) is 9.47 Å². The molecular formula is C9H17N2O2. The molecule has 2 fully saturated rings. The van der Waals surface area contributed by atoms with E-state index in [0.29, 0.717) is 12.2 Å². The highest BCUT2D eigenvalue weighted by Gasteiger charge is 2.39. The summed E-state index contributed by atoms with van der Waals surface area (Å²) in [6.07, 6.45) is 3.28. The number of hydrogen-bond acceptors (Lipinski definition) is 4. The minimum Gasteiger partial charge on any atom is -0.373 e. The van der Waals surface area contributed by atoms with Crippen molar-refractivity contribution in [1.82, 2.24) is 0 Å². The molecule has 1 radical (unpaired) electrons. The number of ether oxygens (including phenoxy) is 2. The normalized spacial score (nSPS) is 35.5. The van der Waals surface area contributed by atoms with Crippen molar-refractivity contribution in [3.05, 3.63) is 6.54 Å². The molecule has 2 aliphatic rings. The van der Waals surface area contributed by atoms with Gasteiger partial charge in [-0.25, -0.2) is 0 Å². The molecule has 4 heteroatoms. The molecule has 0 aromatic carbocycles. The number of rotatable bonds is 6. The zero-order valence-corrected chi connectivity index (χ0v) is 7.74. The van der Waals surface area contributed by atoms with Gasteiger partial charge in [0, 0.05) is 12.1 Å². The van der Waals surface area contributed by atoms with Crippen LogP contribution >= 0.6 is 0 Å². The summed E-state index contributed by atoms with van der Waals surface area (Å²) in [6, 6.07) is 0. The van der Waals surface area contributed by atoms with Crippen LogP contribution in [0.5, 0.6) is 0 Å². The van der Waals surface area contributed by atoms with Gasteiger partial charge >= 0.3 is 0 Å². The summed E-state index contributed by atoms with van der Waals surface area (Å²) < 4.78 is 10.4. The monoisotopic (exact) mass is 185 g/mol. The van der Waals surface area contributed by atoms with E-state index in [4.69, 9.17) is 20.9 Å². The predicted molar refractivity (Wildman–Crippen MR) is 48.7 cm³/mol. The van der Waals surface area contributed by atoms with Crippen LogP contribution in [0.2, 0.25) is 0 Å². The van der Waals surface area contributed by atoms with Crippen molar-refractivity contribution in [3.8, 4) is 0 Å². The first kappa shape index (κ1) is 9.40. The lowest BCUT2D eigenvalue weighted by Gasteiger charge is -2.27. The Bertz CT molecular complexity index is 164. The molecule has 75 valence electrons. The van der Waals surface area contributed by atoms with E-state index in [-0.39, 0.29) is 5.54 Å². The maximum atomic E-state index is 6.22. The van der Waals surface area contributed by atoms with Crippen LogP contribution < -0.4 is 11.5 Å². The Kier molecular flexibility index (Phi) is 2.55. The van der Waals surface area contributed by atoms with Gasteiger partial charge < -0.3 is 20.9 Å².